The fraction of sp³-hybridized carbons (Fsp3) is 0.0769. The first kappa shape index (κ1) is 13.1. The summed E-state index contributed by atoms with van der Waals surface area (Å²) in [5.41, 5.74) is 1.98. The molecule has 18 heavy (non-hydrogen) atoms. The number of aryl methyl sites for hydroxylation is 1. The monoisotopic (exact) mass is 324 g/mol. The summed E-state index contributed by atoms with van der Waals surface area (Å²) in [5, 5.41) is 3.28. The van der Waals surface area contributed by atoms with Crippen molar-refractivity contribution < 1.29 is 4.79 Å². The topological polar surface area (TPSA) is 42.0 Å². The summed E-state index contributed by atoms with van der Waals surface area (Å²) in [6.07, 6.45) is 3.24. The van der Waals surface area contributed by atoms with E-state index in [1.165, 1.54) is 0 Å². The first-order chi connectivity index (χ1) is 8.58. The molecule has 0 aliphatic carbocycles. The SMILES string of the molecule is Cc1cnccc1C(=O)Nc1cc(Br)ccc1Cl. The molecule has 0 bridgehead atoms. The van der Waals surface area contributed by atoms with Gasteiger partial charge in [0.05, 0.1) is 10.7 Å². The van der Waals surface area contributed by atoms with Crippen LogP contribution in [0.3, 0.4) is 0 Å². The van der Waals surface area contributed by atoms with Gasteiger partial charge >= 0.3 is 0 Å². The van der Waals surface area contributed by atoms with Gasteiger partial charge in [0, 0.05) is 22.4 Å². The van der Waals surface area contributed by atoms with E-state index in [-0.39, 0.29) is 5.91 Å². The van der Waals surface area contributed by atoms with Crippen molar-refractivity contribution in [3.8, 4) is 0 Å². The van der Waals surface area contributed by atoms with Crippen LogP contribution in [0, 0.1) is 6.92 Å². The van der Waals surface area contributed by atoms with Gasteiger partial charge < -0.3 is 5.32 Å². The Labute approximate surface area is 118 Å². The fourth-order valence-electron chi connectivity index (χ4n) is 1.51. The number of halogens is 2. The first-order valence-electron chi connectivity index (χ1n) is 5.25. The Hall–Kier alpha value is -1.39. The van der Waals surface area contributed by atoms with Gasteiger partial charge in [-0.3, -0.25) is 9.78 Å². The Morgan fingerprint density at radius 1 is 1.39 bits per heavy atom. The second-order valence-corrected chi connectivity index (χ2v) is 5.09. The van der Waals surface area contributed by atoms with Gasteiger partial charge in [-0.05, 0) is 36.8 Å². The predicted octanol–water partition coefficient (Wildman–Crippen LogP) is 4.06. The molecule has 2 aromatic rings. The van der Waals surface area contributed by atoms with Crippen LogP contribution in [0.5, 0.6) is 0 Å². The van der Waals surface area contributed by atoms with E-state index in [1.807, 2.05) is 13.0 Å². The minimum Gasteiger partial charge on any atom is -0.321 e. The van der Waals surface area contributed by atoms with Crippen molar-refractivity contribution in [1.82, 2.24) is 4.98 Å². The molecule has 92 valence electrons. The molecule has 1 N–H and O–H groups in total. The number of nitrogens with one attached hydrogen (secondary N) is 1. The Bertz CT molecular complexity index is 601. The van der Waals surface area contributed by atoms with Crippen LogP contribution < -0.4 is 5.32 Å². The summed E-state index contributed by atoms with van der Waals surface area (Å²) in [4.78, 5) is 16.0. The number of aromatic nitrogens is 1. The van der Waals surface area contributed by atoms with Gasteiger partial charge in [-0.2, -0.15) is 0 Å². The maximum absolute atomic E-state index is 12.1. The Kier molecular flexibility index (Phi) is 3.99. The molecule has 3 nitrogen and oxygen atoms in total. The van der Waals surface area contributed by atoms with Crippen LogP contribution in [0.1, 0.15) is 15.9 Å². The number of amides is 1. The maximum Gasteiger partial charge on any atom is 0.256 e. The highest BCUT2D eigenvalue weighted by atomic mass is 79.9. The second kappa shape index (κ2) is 5.50. The summed E-state index contributed by atoms with van der Waals surface area (Å²) < 4.78 is 0.855. The van der Waals surface area contributed by atoms with Gasteiger partial charge in [-0.15, -0.1) is 0 Å². The Morgan fingerprint density at radius 2 is 2.17 bits per heavy atom. The maximum atomic E-state index is 12.1. The molecule has 0 atom stereocenters. The third-order valence-corrected chi connectivity index (χ3v) is 3.26. The highest BCUT2D eigenvalue weighted by Crippen LogP contribution is 2.26. The standard InChI is InChI=1S/C13H10BrClN2O/c1-8-7-16-5-4-10(8)13(18)17-12-6-9(14)2-3-11(12)15/h2-7H,1H3,(H,17,18). The summed E-state index contributed by atoms with van der Waals surface area (Å²) in [5.74, 6) is -0.199. The molecular formula is C13H10BrClN2O. The zero-order valence-corrected chi connectivity index (χ0v) is 11.9. The van der Waals surface area contributed by atoms with Gasteiger partial charge in [0.15, 0.2) is 0 Å². The fourth-order valence-corrected chi connectivity index (χ4v) is 2.04. The predicted molar refractivity (Wildman–Crippen MR) is 76.1 cm³/mol. The minimum absolute atomic E-state index is 0.199. The number of hydrogen-bond donors (Lipinski definition) is 1. The van der Waals surface area contributed by atoms with Gasteiger partial charge in [0.1, 0.15) is 0 Å². The molecule has 0 saturated heterocycles. The van der Waals surface area contributed by atoms with Gasteiger partial charge in [0.2, 0.25) is 0 Å². The number of carbonyl (C=O) groups excluding carboxylic acids is 1. The largest absolute Gasteiger partial charge is 0.321 e. The molecule has 0 fully saturated rings. The van der Waals surface area contributed by atoms with Crippen molar-refractivity contribution in [2.75, 3.05) is 5.32 Å². The van der Waals surface area contributed by atoms with E-state index >= 15 is 0 Å². The number of benzene rings is 1. The quantitative estimate of drug-likeness (QED) is 0.905. The third kappa shape index (κ3) is 2.89. The lowest BCUT2D eigenvalue weighted by atomic mass is 10.1. The van der Waals surface area contributed by atoms with E-state index in [1.54, 1.807) is 30.6 Å². The van der Waals surface area contributed by atoms with E-state index in [0.29, 0.717) is 16.3 Å². The zero-order valence-electron chi connectivity index (χ0n) is 9.58. The molecule has 5 heteroatoms. The normalized spacial score (nSPS) is 10.2. The van der Waals surface area contributed by atoms with Crippen LogP contribution in [-0.2, 0) is 0 Å². The number of carbonyl (C=O) groups is 1. The van der Waals surface area contributed by atoms with Crippen molar-refractivity contribution in [2.24, 2.45) is 0 Å². The van der Waals surface area contributed by atoms with Crippen LogP contribution >= 0.6 is 27.5 Å². The van der Waals surface area contributed by atoms with Crippen molar-refractivity contribution in [2.45, 2.75) is 6.92 Å². The molecule has 1 amide bonds. The molecule has 0 radical (unpaired) electrons. The molecule has 2 rings (SSSR count). The lowest BCUT2D eigenvalue weighted by Gasteiger charge is -2.09. The zero-order chi connectivity index (χ0) is 13.1. The van der Waals surface area contributed by atoms with E-state index in [2.05, 4.69) is 26.2 Å². The van der Waals surface area contributed by atoms with Crippen molar-refractivity contribution in [3.05, 3.63) is 57.3 Å². The number of hydrogen-bond acceptors (Lipinski definition) is 2. The lowest BCUT2D eigenvalue weighted by molar-refractivity contribution is 0.102. The van der Waals surface area contributed by atoms with Crippen LogP contribution in [0.2, 0.25) is 5.02 Å². The molecule has 1 aromatic heterocycles. The Balaban J connectivity index is 2.27. The number of nitrogens with zero attached hydrogens (tertiary/aromatic N) is 1. The smallest absolute Gasteiger partial charge is 0.256 e. The summed E-state index contributed by atoms with van der Waals surface area (Å²) in [6, 6.07) is 6.98. The van der Waals surface area contributed by atoms with E-state index < -0.39 is 0 Å². The minimum atomic E-state index is -0.199. The van der Waals surface area contributed by atoms with Gasteiger partial charge in [-0.1, -0.05) is 27.5 Å². The highest BCUT2D eigenvalue weighted by molar-refractivity contribution is 9.10. The summed E-state index contributed by atoms with van der Waals surface area (Å²) >= 11 is 9.36. The molecule has 1 heterocycles. The van der Waals surface area contributed by atoms with E-state index in [0.717, 1.165) is 10.0 Å². The molecular weight excluding hydrogens is 316 g/mol. The molecule has 0 aliphatic rings. The molecule has 0 saturated carbocycles. The molecule has 0 aliphatic heterocycles. The Morgan fingerprint density at radius 3 is 2.89 bits per heavy atom. The van der Waals surface area contributed by atoms with Crippen LogP contribution in [0.4, 0.5) is 5.69 Å². The number of pyridine rings is 1. The van der Waals surface area contributed by atoms with Gasteiger partial charge in [0.25, 0.3) is 5.91 Å². The van der Waals surface area contributed by atoms with Crippen molar-refractivity contribution >= 4 is 39.1 Å². The van der Waals surface area contributed by atoms with Crippen LogP contribution in [0.15, 0.2) is 41.1 Å². The first-order valence-corrected chi connectivity index (χ1v) is 6.42. The van der Waals surface area contributed by atoms with E-state index in [4.69, 9.17) is 11.6 Å². The van der Waals surface area contributed by atoms with Crippen LogP contribution in [-0.4, -0.2) is 10.9 Å². The summed E-state index contributed by atoms with van der Waals surface area (Å²) in [6.45, 7) is 1.84. The van der Waals surface area contributed by atoms with E-state index in [9.17, 15) is 4.79 Å². The lowest BCUT2D eigenvalue weighted by Crippen LogP contribution is -2.13. The average Bonchev–Trinajstić information content (AvgIpc) is 2.34. The van der Waals surface area contributed by atoms with Crippen molar-refractivity contribution in [3.63, 3.8) is 0 Å². The van der Waals surface area contributed by atoms with Crippen LogP contribution in [0.25, 0.3) is 0 Å². The second-order valence-electron chi connectivity index (χ2n) is 3.77. The number of rotatable bonds is 2. The highest BCUT2D eigenvalue weighted by Gasteiger charge is 2.10. The number of anilines is 1. The molecule has 0 unspecified atom stereocenters. The third-order valence-electron chi connectivity index (χ3n) is 2.44. The van der Waals surface area contributed by atoms with Gasteiger partial charge in [-0.25, -0.2) is 0 Å². The molecule has 0 spiro atoms. The summed E-state index contributed by atoms with van der Waals surface area (Å²) in [7, 11) is 0. The van der Waals surface area contributed by atoms with Crippen molar-refractivity contribution in [1.29, 1.82) is 0 Å². The average molecular weight is 326 g/mol. The molecule has 1 aromatic carbocycles.